The Bertz CT molecular complexity index is 513. The van der Waals surface area contributed by atoms with Crippen LogP contribution in [0.15, 0.2) is 30.3 Å². The van der Waals surface area contributed by atoms with Crippen LogP contribution in [-0.4, -0.2) is 5.97 Å². The summed E-state index contributed by atoms with van der Waals surface area (Å²) < 4.78 is 5.41. The number of unbranched alkanes of at least 4 members (excludes halogenated alkanes) is 3. The molecule has 0 fully saturated rings. The van der Waals surface area contributed by atoms with Gasteiger partial charge in [-0.05, 0) is 54.9 Å². The van der Waals surface area contributed by atoms with Crippen molar-refractivity contribution in [1.82, 2.24) is 0 Å². The zero-order valence-corrected chi connectivity index (χ0v) is 14.6. The van der Waals surface area contributed by atoms with Gasteiger partial charge in [-0.1, -0.05) is 57.7 Å². The van der Waals surface area contributed by atoms with Gasteiger partial charge >= 0.3 is 5.97 Å². The minimum Gasteiger partial charge on any atom is -0.427 e. The van der Waals surface area contributed by atoms with E-state index in [1.807, 2.05) is 12.1 Å². The highest BCUT2D eigenvalue weighted by molar-refractivity contribution is 5.73. The fourth-order valence-electron chi connectivity index (χ4n) is 3.14. The molecule has 0 aliphatic heterocycles. The van der Waals surface area contributed by atoms with Gasteiger partial charge in [-0.3, -0.25) is 4.79 Å². The summed E-state index contributed by atoms with van der Waals surface area (Å²) in [7, 11) is 0. The summed E-state index contributed by atoms with van der Waals surface area (Å²) >= 11 is 0. The molecular weight excluding hydrogens is 284 g/mol. The standard InChI is InChI=1S/C21H30O2/c1-3-5-6-7-8-21(22)23-20-15-13-19(14-16-20)18-11-9-17(4-2)10-12-18/h11,13-17H,3-10,12H2,1-2H3. The second-order valence-electron chi connectivity index (χ2n) is 6.59. The first-order chi connectivity index (χ1) is 11.2. The van der Waals surface area contributed by atoms with Crippen LogP contribution in [0.4, 0.5) is 0 Å². The number of hydrogen-bond donors (Lipinski definition) is 0. The predicted octanol–water partition coefficient (Wildman–Crippen LogP) is 6.16. The lowest BCUT2D eigenvalue weighted by Gasteiger charge is -2.20. The van der Waals surface area contributed by atoms with Gasteiger partial charge in [0.2, 0.25) is 0 Å². The molecule has 1 aliphatic rings. The third-order valence-corrected chi connectivity index (χ3v) is 4.79. The van der Waals surface area contributed by atoms with E-state index in [9.17, 15) is 4.79 Å². The molecule has 126 valence electrons. The first-order valence-electron chi connectivity index (χ1n) is 9.23. The van der Waals surface area contributed by atoms with Crippen molar-refractivity contribution >= 4 is 11.5 Å². The zero-order valence-electron chi connectivity index (χ0n) is 14.6. The Hall–Kier alpha value is -1.57. The lowest BCUT2D eigenvalue weighted by molar-refractivity contribution is -0.134. The highest BCUT2D eigenvalue weighted by Crippen LogP contribution is 2.32. The molecule has 0 heterocycles. The molecule has 0 spiro atoms. The molecule has 2 heteroatoms. The maximum absolute atomic E-state index is 11.8. The van der Waals surface area contributed by atoms with E-state index in [0.29, 0.717) is 12.2 Å². The Morgan fingerprint density at radius 3 is 2.52 bits per heavy atom. The predicted molar refractivity (Wildman–Crippen MR) is 96.4 cm³/mol. The number of benzene rings is 1. The second-order valence-corrected chi connectivity index (χ2v) is 6.59. The van der Waals surface area contributed by atoms with E-state index in [4.69, 9.17) is 4.74 Å². The quantitative estimate of drug-likeness (QED) is 0.326. The smallest absolute Gasteiger partial charge is 0.311 e. The average Bonchev–Trinajstić information content (AvgIpc) is 2.59. The maximum Gasteiger partial charge on any atom is 0.311 e. The number of ether oxygens (including phenoxy) is 1. The third kappa shape index (κ3) is 5.85. The molecule has 1 unspecified atom stereocenters. The van der Waals surface area contributed by atoms with E-state index in [1.165, 1.54) is 43.2 Å². The molecule has 1 aliphatic carbocycles. The summed E-state index contributed by atoms with van der Waals surface area (Å²) in [6, 6.07) is 8.01. The number of carbonyl (C=O) groups is 1. The zero-order chi connectivity index (χ0) is 16.5. The van der Waals surface area contributed by atoms with Gasteiger partial charge in [0.15, 0.2) is 0 Å². The Morgan fingerprint density at radius 1 is 1.13 bits per heavy atom. The molecule has 0 amide bonds. The first-order valence-corrected chi connectivity index (χ1v) is 9.23. The van der Waals surface area contributed by atoms with Crippen LogP contribution >= 0.6 is 0 Å². The molecule has 0 aromatic heterocycles. The average molecular weight is 314 g/mol. The van der Waals surface area contributed by atoms with Crippen molar-refractivity contribution in [3.8, 4) is 5.75 Å². The summed E-state index contributed by atoms with van der Waals surface area (Å²) in [6.45, 7) is 4.44. The number of allylic oxidation sites excluding steroid dienone is 2. The second kappa shape index (κ2) is 9.54. The molecular formula is C21H30O2. The third-order valence-electron chi connectivity index (χ3n) is 4.79. The molecule has 1 aromatic carbocycles. The Kier molecular flexibility index (Phi) is 7.38. The van der Waals surface area contributed by atoms with E-state index in [-0.39, 0.29) is 5.97 Å². The van der Waals surface area contributed by atoms with Crippen molar-refractivity contribution in [3.05, 3.63) is 35.9 Å². The van der Waals surface area contributed by atoms with Crippen LogP contribution in [0.3, 0.4) is 0 Å². The molecule has 2 nitrogen and oxygen atoms in total. The van der Waals surface area contributed by atoms with Crippen molar-refractivity contribution in [2.75, 3.05) is 0 Å². The molecule has 2 rings (SSSR count). The van der Waals surface area contributed by atoms with Crippen molar-refractivity contribution in [2.24, 2.45) is 5.92 Å². The number of hydrogen-bond acceptors (Lipinski definition) is 2. The number of esters is 1. The highest BCUT2D eigenvalue weighted by atomic mass is 16.5. The minimum atomic E-state index is -0.114. The molecule has 0 saturated heterocycles. The molecule has 0 bridgehead atoms. The lowest BCUT2D eigenvalue weighted by Crippen LogP contribution is -2.07. The summed E-state index contributed by atoms with van der Waals surface area (Å²) in [5.74, 6) is 1.40. The van der Waals surface area contributed by atoms with Gasteiger partial charge in [0.05, 0.1) is 0 Å². The van der Waals surface area contributed by atoms with Crippen molar-refractivity contribution < 1.29 is 9.53 Å². The van der Waals surface area contributed by atoms with E-state index in [1.54, 1.807) is 0 Å². The van der Waals surface area contributed by atoms with E-state index >= 15 is 0 Å². The van der Waals surface area contributed by atoms with Crippen LogP contribution in [0, 0.1) is 5.92 Å². The van der Waals surface area contributed by atoms with Crippen molar-refractivity contribution in [3.63, 3.8) is 0 Å². The summed E-state index contributed by atoms with van der Waals surface area (Å²) in [6.07, 6.45) is 12.2. The van der Waals surface area contributed by atoms with Crippen LogP contribution in [0.5, 0.6) is 5.75 Å². The molecule has 1 atom stereocenters. The topological polar surface area (TPSA) is 26.3 Å². The lowest BCUT2D eigenvalue weighted by atomic mass is 9.85. The monoisotopic (exact) mass is 314 g/mol. The molecule has 1 aromatic rings. The van der Waals surface area contributed by atoms with Gasteiger partial charge < -0.3 is 4.74 Å². The minimum absolute atomic E-state index is 0.114. The summed E-state index contributed by atoms with van der Waals surface area (Å²) in [5.41, 5.74) is 2.70. The Balaban J connectivity index is 1.83. The Morgan fingerprint density at radius 2 is 1.91 bits per heavy atom. The van der Waals surface area contributed by atoms with Gasteiger partial charge in [-0.15, -0.1) is 0 Å². The highest BCUT2D eigenvalue weighted by Gasteiger charge is 2.14. The SMILES string of the molecule is CCCCCCC(=O)Oc1ccc(C2=CCC(CC)CC2)cc1. The van der Waals surface area contributed by atoms with E-state index in [2.05, 4.69) is 32.1 Å². The molecule has 0 saturated carbocycles. The normalized spacial score (nSPS) is 17.7. The van der Waals surface area contributed by atoms with Crippen LogP contribution < -0.4 is 4.74 Å². The van der Waals surface area contributed by atoms with E-state index in [0.717, 1.165) is 25.2 Å². The van der Waals surface area contributed by atoms with Crippen LogP contribution in [0.25, 0.3) is 5.57 Å². The van der Waals surface area contributed by atoms with Gasteiger partial charge in [0, 0.05) is 6.42 Å². The van der Waals surface area contributed by atoms with Crippen LogP contribution in [0.2, 0.25) is 0 Å². The van der Waals surface area contributed by atoms with Crippen molar-refractivity contribution in [2.45, 2.75) is 71.6 Å². The largest absolute Gasteiger partial charge is 0.427 e. The maximum atomic E-state index is 11.8. The van der Waals surface area contributed by atoms with Gasteiger partial charge in [0.1, 0.15) is 5.75 Å². The fraction of sp³-hybridized carbons (Fsp3) is 0.571. The van der Waals surface area contributed by atoms with E-state index < -0.39 is 0 Å². The fourth-order valence-corrected chi connectivity index (χ4v) is 3.14. The van der Waals surface area contributed by atoms with Gasteiger partial charge in [0.25, 0.3) is 0 Å². The van der Waals surface area contributed by atoms with Gasteiger partial charge in [-0.2, -0.15) is 0 Å². The Labute approximate surface area is 140 Å². The molecule has 0 N–H and O–H groups in total. The van der Waals surface area contributed by atoms with Crippen LogP contribution in [-0.2, 0) is 4.79 Å². The summed E-state index contributed by atoms with van der Waals surface area (Å²) in [5, 5.41) is 0. The first kappa shape index (κ1) is 17.8. The number of rotatable bonds is 8. The van der Waals surface area contributed by atoms with Crippen LogP contribution in [0.1, 0.15) is 77.2 Å². The summed E-state index contributed by atoms with van der Waals surface area (Å²) in [4.78, 5) is 11.8. The molecule has 23 heavy (non-hydrogen) atoms. The number of carbonyl (C=O) groups excluding carboxylic acids is 1. The van der Waals surface area contributed by atoms with Crippen molar-refractivity contribution in [1.29, 1.82) is 0 Å². The van der Waals surface area contributed by atoms with Gasteiger partial charge in [-0.25, -0.2) is 0 Å². The molecule has 0 radical (unpaired) electrons.